The Kier molecular flexibility index (Phi) is 7.66. The molecule has 0 saturated carbocycles. The van der Waals surface area contributed by atoms with Gasteiger partial charge in [0.2, 0.25) is 5.96 Å². The van der Waals surface area contributed by atoms with Gasteiger partial charge in [0.15, 0.2) is 5.84 Å². The van der Waals surface area contributed by atoms with Crippen LogP contribution in [0, 0.1) is 0 Å². The predicted molar refractivity (Wildman–Crippen MR) is 206 cm³/mol. The molecule has 0 radical (unpaired) electrons. The van der Waals surface area contributed by atoms with Crippen LogP contribution in [0.3, 0.4) is 0 Å². The summed E-state index contributed by atoms with van der Waals surface area (Å²) in [6.07, 6.45) is 0. The molecule has 2 heterocycles. The molecule has 5 nitrogen and oxygen atoms in total. The zero-order chi connectivity index (χ0) is 33.5. The van der Waals surface area contributed by atoms with Crippen molar-refractivity contribution in [2.75, 3.05) is 9.80 Å². The van der Waals surface area contributed by atoms with Crippen molar-refractivity contribution in [3.63, 3.8) is 0 Å². The Labute approximate surface area is 291 Å². The SMILES string of the molecule is C=C(/N=C(\N=C(/N)N1c2ccccc2Sc2cc3c(cc21)C(C)(C)c1ccccc1N3c1ccccc1)c1ccccc1)c1ccccc1. The number of hydrogen-bond acceptors (Lipinski definition) is 3. The van der Waals surface area contributed by atoms with Crippen LogP contribution in [0.5, 0.6) is 0 Å². The van der Waals surface area contributed by atoms with Crippen molar-refractivity contribution >= 4 is 57.7 Å². The van der Waals surface area contributed by atoms with E-state index in [2.05, 4.69) is 115 Å². The van der Waals surface area contributed by atoms with Crippen LogP contribution >= 0.6 is 11.8 Å². The van der Waals surface area contributed by atoms with Gasteiger partial charge in [0.05, 0.1) is 28.4 Å². The lowest BCUT2D eigenvalue weighted by atomic mass is 9.73. The van der Waals surface area contributed by atoms with Gasteiger partial charge < -0.3 is 10.6 Å². The molecule has 8 rings (SSSR count). The molecule has 0 bridgehead atoms. The quantitative estimate of drug-likeness (QED) is 0.152. The molecule has 0 saturated heterocycles. The number of nitrogens with zero attached hydrogens (tertiary/aromatic N) is 4. The lowest BCUT2D eigenvalue weighted by Gasteiger charge is -2.43. The fourth-order valence-corrected chi connectivity index (χ4v) is 7.85. The highest BCUT2D eigenvalue weighted by Crippen LogP contribution is 2.57. The number of benzene rings is 6. The van der Waals surface area contributed by atoms with E-state index < -0.39 is 0 Å². The Morgan fingerprint density at radius 2 is 1.18 bits per heavy atom. The fourth-order valence-electron chi connectivity index (χ4n) is 6.77. The number of anilines is 5. The Morgan fingerprint density at radius 3 is 1.90 bits per heavy atom. The number of amidine groups is 1. The number of aliphatic imine (C=N–C) groups is 2. The average molecular weight is 654 g/mol. The van der Waals surface area contributed by atoms with Gasteiger partial charge in [-0.3, -0.25) is 4.90 Å². The zero-order valence-electron chi connectivity index (χ0n) is 27.4. The van der Waals surface area contributed by atoms with Crippen LogP contribution in [-0.4, -0.2) is 11.8 Å². The number of nitrogens with two attached hydrogens (primary N) is 1. The van der Waals surface area contributed by atoms with E-state index in [0.717, 1.165) is 43.7 Å². The summed E-state index contributed by atoms with van der Waals surface area (Å²) in [5.41, 5.74) is 17.1. The van der Waals surface area contributed by atoms with E-state index in [1.165, 1.54) is 16.8 Å². The fraction of sp³-hybridized carbons (Fsp3) is 0.0698. The van der Waals surface area contributed by atoms with Crippen LogP contribution < -0.4 is 15.5 Å². The van der Waals surface area contributed by atoms with Gasteiger partial charge >= 0.3 is 0 Å². The van der Waals surface area contributed by atoms with Gasteiger partial charge in [-0.05, 0) is 59.2 Å². The van der Waals surface area contributed by atoms with E-state index in [1.54, 1.807) is 11.8 Å². The van der Waals surface area contributed by atoms with Crippen molar-refractivity contribution in [3.05, 3.63) is 180 Å². The molecule has 0 amide bonds. The summed E-state index contributed by atoms with van der Waals surface area (Å²) in [5, 5.41) is 0. The molecular formula is C43H35N5S. The third-order valence-corrected chi connectivity index (χ3v) is 10.3. The van der Waals surface area contributed by atoms with Gasteiger partial charge in [-0.2, -0.15) is 4.99 Å². The third kappa shape index (κ3) is 5.40. The first-order valence-electron chi connectivity index (χ1n) is 16.3. The van der Waals surface area contributed by atoms with Gasteiger partial charge in [-0.1, -0.05) is 141 Å². The number of para-hydroxylation sites is 3. The van der Waals surface area contributed by atoms with Crippen molar-refractivity contribution in [1.29, 1.82) is 0 Å². The number of guanidine groups is 1. The van der Waals surface area contributed by atoms with Crippen LogP contribution in [0.4, 0.5) is 28.4 Å². The minimum absolute atomic E-state index is 0.282. The highest BCUT2D eigenvalue weighted by molar-refractivity contribution is 7.99. The zero-order valence-corrected chi connectivity index (χ0v) is 28.2. The Hall–Kier alpha value is -5.85. The van der Waals surface area contributed by atoms with E-state index in [0.29, 0.717) is 17.5 Å². The maximum absolute atomic E-state index is 7.12. The van der Waals surface area contributed by atoms with Crippen molar-refractivity contribution in [2.24, 2.45) is 15.7 Å². The van der Waals surface area contributed by atoms with Crippen LogP contribution in [0.25, 0.3) is 5.70 Å². The maximum atomic E-state index is 7.12. The molecule has 0 atom stereocenters. The summed E-state index contributed by atoms with van der Waals surface area (Å²) in [6.45, 7) is 8.89. The van der Waals surface area contributed by atoms with Crippen molar-refractivity contribution in [1.82, 2.24) is 0 Å². The monoisotopic (exact) mass is 653 g/mol. The topological polar surface area (TPSA) is 57.2 Å². The summed E-state index contributed by atoms with van der Waals surface area (Å²) in [5.74, 6) is 0.818. The number of rotatable bonds is 4. The van der Waals surface area contributed by atoms with Crippen molar-refractivity contribution in [3.8, 4) is 0 Å². The van der Waals surface area contributed by atoms with E-state index in [1.807, 2.05) is 66.7 Å². The molecule has 2 aliphatic rings. The van der Waals surface area contributed by atoms with Gasteiger partial charge in [0, 0.05) is 26.5 Å². The first-order valence-corrected chi connectivity index (χ1v) is 17.1. The minimum atomic E-state index is -0.282. The molecule has 0 spiro atoms. The molecular weight excluding hydrogens is 619 g/mol. The molecule has 2 aliphatic heterocycles. The molecule has 6 aromatic rings. The summed E-state index contributed by atoms with van der Waals surface area (Å²) >= 11 is 1.76. The van der Waals surface area contributed by atoms with Gasteiger partial charge in [-0.25, -0.2) is 4.99 Å². The standard InChI is InChI=1S/C43H35N5S/c1-29(30-17-7-4-8-18-30)45-41(31-19-9-5-10-20-31)46-42(44)48-36-25-15-16-26-39(36)49-40-28-37-34(27-38(40)48)43(2,3)33-23-13-14-24-35(33)47(37)32-21-11-6-12-22-32/h4-28H,1H2,2-3H3,(H2,44,45,46). The van der Waals surface area contributed by atoms with E-state index in [-0.39, 0.29) is 5.41 Å². The van der Waals surface area contributed by atoms with Gasteiger partial charge in [0.1, 0.15) is 0 Å². The van der Waals surface area contributed by atoms with Crippen LogP contribution in [-0.2, 0) is 5.41 Å². The smallest absolute Gasteiger partial charge is 0.207 e. The third-order valence-electron chi connectivity index (χ3n) is 9.22. The largest absolute Gasteiger partial charge is 0.369 e. The first-order chi connectivity index (χ1) is 23.9. The van der Waals surface area contributed by atoms with E-state index in [4.69, 9.17) is 15.7 Å². The highest BCUT2D eigenvalue weighted by Gasteiger charge is 2.39. The highest BCUT2D eigenvalue weighted by atomic mass is 32.2. The molecule has 6 heteroatoms. The summed E-state index contributed by atoms with van der Waals surface area (Å²) < 4.78 is 0. The maximum Gasteiger partial charge on any atom is 0.207 e. The Bertz CT molecular complexity index is 2260. The second-order valence-corrected chi connectivity index (χ2v) is 13.7. The molecule has 2 N–H and O–H groups in total. The van der Waals surface area contributed by atoms with E-state index in [9.17, 15) is 0 Å². The lowest BCUT2D eigenvalue weighted by molar-refractivity contribution is 0.631. The number of hydrogen-bond donors (Lipinski definition) is 1. The van der Waals surface area contributed by atoms with Crippen LogP contribution in [0.2, 0.25) is 0 Å². The number of fused-ring (bicyclic) bond motifs is 4. The van der Waals surface area contributed by atoms with Crippen molar-refractivity contribution in [2.45, 2.75) is 29.1 Å². The van der Waals surface area contributed by atoms with Crippen LogP contribution in [0.1, 0.15) is 36.1 Å². The molecule has 238 valence electrons. The second-order valence-electron chi connectivity index (χ2n) is 12.6. The molecule has 49 heavy (non-hydrogen) atoms. The molecule has 0 unspecified atom stereocenters. The normalized spacial score (nSPS) is 14.7. The van der Waals surface area contributed by atoms with E-state index >= 15 is 0 Å². The van der Waals surface area contributed by atoms with Gasteiger partial charge in [-0.15, -0.1) is 0 Å². The lowest BCUT2D eigenvalue weighted by Crippen LogP contribution is -2.37. The molecule has 0 aliphatic carbocycles. The molecule has 6 aromatic carbocycles. The van der Waals surface area contributed by atoms with Crippen molar-refractivity contribution < 1.29 is 0 Å². The molecule has 0 fully saturated rings. The molecule has 0 aromatic heterocycles. The predicted octanol–water partition coefficient (Wildman–Crippen LogP) is 10.8. The Morgan fingerprint density at radius 1 is 0.592 bits per heavy atom. The van der Waals surface area contributed by atoms with Crippen LogP contribution in [0.15, 0.2) is 178 Å². The summed E-state index contributed by atoms with van der Waals surface area (Å²) in [4.78, 5) is 16.7. The summed E-state index contributed by atoms with van der Waals surface area (Å²) in [6, 6.07) is 52.2. The minimum Gasteiger partial charge on any atom is -0.369 e. The Balaban J connectivity index is 1.32. The second kappa shape index (κ2) is 12.3. The first kappa shape index (κ1) is 30.5. The summed E-state index contributed by atoms with van der Waals surface area (Å²) in [7, 11) is 0. The van der Waals surface area contributed by atoms with Gasteiger partial charge in [0.25, 0.3) is 0 Å². The average Bonchev–Trinajstić information content (AvgIpc) is 3.14.